The molecule has 2 rings (SSSR count). The van der Waals surface area contributed by atoms with E-state index in [1.807, 2.05) is 17.5 Å². The quantitative estimate of drug-likeness (QED) is 0.656. The summed E-state index contributed by atoms with van der Waals surface area (Å²) in [6, 6.07) is 11.9. The number of esters is 1. The molecule has 0 spiro atoms. The molecular formula is C16H14N2O3S. The van der Waals surface area contributed by atoms with Gasteiger partial charge in [0.1, 0.15) is 0 Å². The van der Waals surface area contributed by atoms with E-state index < -0.39 is 5.97 Å². The number of nitriles is 1. The number of nitrogens with zero attached hydrogens (tertiary/aromatic N) is 1. The van der Waals surface area contributed by atoms with Crippen molar-refractivity contribution in [1.29, 1.82) is 5.26 Å². The van der Waals surface area contributed by atoms with Gasteiger partial charge in [0.2, 0.25) is 0 Å². The lowest BCUT2D eigenvalue weighted by molar-refractivity contribution is 0.0501. The summed E-state index contributed by atoms with van der Waals surface area (Å²) in [7, 11) is 0. The number of ether oxygens (including phenoxy) is 1. The van der Waals surface area contributed by atoms with Crippen molar-refractivity contribution in [3.63, 3.8) is 0 Å². The summed E-state index contributed by atoms with van der Waals surface area (Å²) in [5.74, 6) is -0.593. The molecule has 2 aromatic rings. The van der Waals surface area contributed by atoms with Gasteiger partial charge in [0, 0.05) is 6.54 Å². The third-order valence-corrected chi connectivity index (χ3v) is 3.68. The highest BCUT2D eigenvalue weighted by Gasteiger charge is 2.08. The summed E-state index contributed by atoms with van der Waals surface area (Å²) < 4.78 is 5.10. The third-order valence-electron chi connectivity index (χ3n) is 2.81. The van der Waals surface area contributed by atoms with E-state index in [1.54, 1.807) is 24.3 Å². The van der Waals surface area contributed by atoms with E-state index in [2.05, 4.69) is 5.32 Å². The molecule has 1 heterocycles. The van der Waals surface area contributed by atoms with Crippen LogP contribution < -0.4 is 5.32 Å². The molecule has 0 aliphatic heterocycles. The van der Waals surface area contributed by atoms with Gasteiger partial charge in [-0.2, -0.15) is 5.26 Å². The molecule has 0 unspecified atom stereocenters. The van der Waals surface area contributed by atoms with E-state index in [1.165, 1.54) is 17.4 Å². The Hall–Kier alpha value is -2.65. The number of benzene rings is 1. The predicted octanol–water partition coefficient (Wildman–Crippen LogP) is 2.60. The van der Waals surface area contributed by atoms with Gasteiger partial charge in [-0.15, -0.1) is 11.3 Å². The van der Waals surface area contributed by atoms with Crippen molar-refractivity contribution in [2.45, 2.75) is 6.42 Å². The molecule has 0 aliphatic rings. The Morgan fingerprint density at radius 3 is 2.86 bits per heavy atom. The highest BCUT2D eigenvalue weighted by atomic mass is 32.1. The van der Waals surface area contributed by atoms with Crippen molar-refractivity contribution in [2.24, 2.45) is 0 Å². The number of amides is 1. The van der Waals surface area contributed by atoms with Crippen molar-refractivity contribution < 1.29 is 14.3 Å². The highest BCUT2D eigenvalue weighted by Crippen LogP contribution is 2.08. The fourth-order valence-electron chi connectivity index (χ4n) is 1.73. The first-order valence-corrected chi connectivity index (χ1v) is 7.57. The molecule has 0 saturated carbocycles. The Morgan fingerprint density at radius 2 is 2.14 bits per heavy atom. The van der Waals surface area contributed by atoms with Crippen LogP contribution in [0.1, 0.15) is 32.0 Å². The number of thiophene rings is 1. The molecule has 0 fully saturated rings. The summed E-state index contributed by atoms with van der Waals surface area (Å²) in [6.45, 7) is 0.641. The van der Waals surface area contributed by atoms with Gasteiger partial charge in [0.05, 0.1) is 28.7 Å². The second kappa shape index (κ2) is 7.96. The molecule has 0 aliphatic carbocycles. The van der Waals surface area contributed by atoms with E-state index in [9.17, 15) is 9.59 Å². The predicted molar refractivity (Wildman–Crippen MR) is 82.7 cm³/mol. The fourth-order valence-corrected chi connectivity index (χ4v) is 2.37. The number of carbonyl (C=O) groups is 2. The molecule has 1 N–H and O–H groups in total. The second-order valence-corrected chi connectivity index (χ2v) is 5.36. The van der Waals surface area contributed by atoms with Crippen LogP contribution >= 0.6 is 11.3 Å². The molecule has 6 heteroatoms. The topological polar surface area (TPSA) is 79.2 Å². The molecule has 0 atom stereocenters. The van der Waals surface area contributed by atoms with Crippen LogP contribution in [0, 0.1) is 11.3 Å². The van der Waals surface area contributed by atoms with Crippen LogP contribution in [-0.2, 0) is 4.74 Å². The Bertz CT molecular complexity index is 690. The first-order chi connectivity index (χ1) is 10.7. The maximum Gasteiger partial charge on any atom is 0.338 e. The summed E-state index contributed by atoms with van der Waals surface area (Å²) in [4.78, 5) is 24.1. The van der Waals surface area contributed by atoms with Gasteiger partial charge >= 0.3 is 5.97 Å². The van der Waals surface area contributed by atoms with Crippen LogP contribution in [0.5, 0.6) is 0 Å². The Balaban J connectivity index is 1.69. The van der Waals surface area contributed by atoms with E-state index in [0.29, 0.717) is 29.0 Å². The first kappa shape index (κ1) is 15.7. The minimum atomic E-state index is -0.471. The van der Waals surface area contributed by atoms with Crippen molar-refractivity contribution >= 4 is 23.2 Å². The average Bonchev–Trinajstić information content (AvgIpc) is 3.08. The van der Waals surface area contributed by atoms with Crippen molar-refractivity contribution in [1.82, 2.24) is 5.32 Å². The maximum absolute atomic E-state index is 11.8. The van der Waals surface area contributed by atoms with Crippen LogP contribution in [0.2, 0.25) is 0 Å². The number of carbonyl (C=O) groups excluding carboxylic acids is 2. The van der Waals surface area contributed by atoms with Gasteiger partial charge in [-0.1, -0.05) is 12.1 Å². The van der Waals surface area contributed by atoms with Crippen molar-refractivity contribution in [3.05, 3.63) is 57.8 Å². The van der Waals surface area contributed by atoms with Crippen molar-refractivity contribution in [3.8, 4) is 6.07 Å². The molecule has 1 aromatic carbocycles. The molecular weight excluding hydrogens is 300 g/mol. The summed E-state index contributed by atoms with van der Waals surface area (Å²) in [5.41, 5.74) is 0.763. The lowest BCUT2D eigenvalue weighted by atomic mass is 10.1. The zero-order valence-electron chi connectivity index (χ0n) is 11.7. The minimum absolute atomic E-state index is 0.122. The van der Waals surface area contributed by atoms with Gasteiger partial charge in [0.15, 0.2) is 0 Å². The highest BCUT2D eigenvalue weighted by molar-refractivity contribution is 7.12. The zero-order valence-corrected chi connectivity index (χ0v) is 12.6. The van der Waals surface area contributed by atoms with Gasteiger partial charge in [-0.25, -0.2) is 4.79 Å². The summed E-state index contributed by atoms with van der Waals surface area (Å²) in [6.07, 6.45) is 0.529. The van der Waals surface area contributed by atoms with E-state index in [-0.39, 0.29) is 12.5 Å². The van der Waals surface area contributed by atoms with Crippen LogP contribution in [0.25, 0.3) is 0 Å². The number of hydrogen-bond donors (Lipinski definition) is 1. The van der Waals surface area contributed by atoms with Crippen LogP contribution in [0.4, 0.5) is 0 Å². The molecule has 0 saturated heterocycles. The average molecular weight is 314 g/mol. The molecule has 112 valence electrons. The third kappa shape index (κ3) is 4.43. The standard InChI is InChI=1S/C16H14N2O3S/c17-11-12-4-1-5-13(10-12)16(20)21-8-3-7-18-15(19)14-6-2-9-22-14/h1-2,4-6,9-10H,3,7-8H2,(H,18,19). The number of rotatable bonds is 6. The Labute approximate surface area is 132 Å². The smallest absolute Gasteiger partial charge is 0.338 e. The van der Waals surface area contributed by atoms with Crippen LogP contribution in [0.15, 0.2) is 41.8 Å². The lowest BCUT2D eigenvalue weighted by Crippen LogP contribution is -2.24. The monoisotopic (exact) mass is 314 g/mol. The first-order valence-electron chi connectivity index (χ1n) is 6.69. The van der Waals surface area contributed by atoms with E-state index in [0.717, 1.165) is 0 Å². The molecule has 0 radical (unpaired) electrons. The number of nitrogens with one attached hydrogen (secondary N) is 1. The molecule has 1 amide bonds. The largest absolute Gasteiger partial charge is 0.462 e. The van der Waals surface area contributed by atoms with Gasteiger partial charge in [0.25, 0.3) is 5.91 Å². The maximum atomic E-state index is 11.8. The van der Waals surface area contributed by atoms with Gasteiger partial charge in [-0.05, 0) is 36.1 Å². The molecule has 0 bridgehead atoms. The lowest BCUT2D eigenvalue weighted by Gasteiger charge is -2.06. The molecule has 1 aromatic heterocycles. The van der Waals surface area contributed by atoms with Gasteiger partial charge in [-0.3, -0.25) is 4.79 Å². The Kier molecular flexibility index (Phi) is 5.69. The normalized spacial score (nSPS) is 9.77. The van der Waals surface area contributed by atoms with Crippen LogP contribution in [-0.4, -0.2) is 25.0 Å². The Morgan fingerprint density at radius 1 is 1.27 bits per heavy atom. The summed E-state index contributed by atoms with van der Waals surface area (Å²) in [5, 5.41) is 13.4. The second-order valence-electron chi connectivity index (χ2n) is 4.42. The van der Waals surface area contributed by atoms with E-state index in [4.69, 9.17) is 10.00 Å². The number of hydrogen-bond acceptors (Lipinski definition) is 5. The zero-order chi connectivity index (χ0) is 15.8. The summed E-state index contributed by atoms with van der Waals surface area (Å²) >= 11 is 1.38. The fraction of sp³-hybridized carbons (Fsp3) is 0.188. The SMILES string of the molecule is N#Cc1cccc(C(=O)OCCCNC(=O)c2cccs2)c1. The van der Waals surface area contributed by atoms with Crippen LogP contribution in [0.3, 0.4) is 0 Å². The molecule has 22 heavy (non-hydrogen) atoms. The van der Waals surface area contributed by atoms with Gasteiger partial charge < -0.3 is 10.1 Å². The van der Waals surface area contributed by atoms with E-state index >= 15 is 0 Å². The molecule has 5 nitrogen and oxygen atoms in total. The van der Waals surface area contributed by atoms with Crippen molar-refractivity contribution in [2.75, 3.05) is 13.2 Å². The minimum Gasteiger partial charge on any atom is -0.462 e.